The summed E-state index contributed by atoms with van der Waals surface area (Å²) in [6.45, 7) is 10.1. The van der Waals surface area contributed by atoms with E-state index in [9.17, 15) is 19.6 Å². The second kappa shape index (κ2) is 18.3. The van der Waals surface area contributed by atoms with Crippen molar-refractivity contribution in [3.05, 3.63) is 111 Å². The molecule has 0 radical (unpaired) electrons. The van der Waals surface area contributed by atoms with Crippen LogP contribution in [0.1, 0.15) is 97.8 Å². The van der Waals surface area contributed by atoms with E-state index in [4.69, 9.17) is 25.5 Å². The van der Waals surface area contributed by atoms with Gasteiger partial charge < -0.3 is 35.2 Å². The molecule has 0 aliphatic heterocycles. The Morgan fingerprint density at radius 1 is 0.945 bits per heavy atom. The van der Waals surface area contributed by atoms with E-state index < -0.39 is 23.6 Å². The zero-order valence-corrected chi connectivity index (χ0v) is 33.0. The highest BCUT2D eigenvalue weighted by molar-refractivity contribution is 6.34. The predicted octanol–water partition coefficient (Wildman–Crippen LogP) is 7.93. The van der Waals surface area contributed by atoms with Gasteiger partial charge in [-0.1, -0.05) is 53.6 Å². The number of carbonyl (C=O) groups excluding carboxylic acids is 3. The minimum absolute atomic E-state index is 0.0627. The van der Waals surface area contributed by atoms with Gasteiger partial charge in [0, 0.05) is 30.6 Å². The van der Waals surface area contributed by atoms with Crippen molar-refractivity contribution >= 4 is 29.5 Å². The van der Waals surface area contributed by atoms with E-state index in [0.717, 1.165) is 5.56 Å². The molecule has 3 aromatic carbocycles. The van der Waals surface area contributed by atoms with Crippen molar-refractivity contribution < 1.29 is 28.3 Å². The molecule has 3 amide bonds. The van der Waals surface area contributed by atoms with Gasteiger partial charge in [-0.2, -0.15) is 5.26 Å². The number of amides is 3. The highest BCUT2D eigenvalue weighted by atomic mass is 35.5. The molecule has 1 aliphatic carbocycles. The molecule has 5 rings (SSSR count). The van der Waals surface area contributed by atoms with Crippen LogP contribution in [0.3, 0.4) is 0 Å². The van der Waals surface area contributed by atoms with E-state index in [0.29, 0.717) is 60.6 Å². The van der Waals surface area contributed by atoms with Crippen LogP contribution in [-0.2, 0) is 22.5 Å². The van der Waals surface area contributed by atoms with Gasteiger partial charge in [0.25, 0.3) is 5.91 Å². The average Bonchev–Trinajstić information content (AvgIpc) is 3.62. The van der Waals surface area contributed by atoms with Gasteiger partial charge in [0.05, 0.1) is 41.4 Å². The number of nitriles is 1. The number of rotatable bonds is 13. The van der Waals surface area contributed by atoms with Gasteiger partial charge in [-0.25, -0.2) is 4.79 Å². The maximum absolute atomic E-state index is 14.0. The molecule has 290 valence electrons. The van der Waals surface area contributed by atoms with E-state index >= 15 is 0 Å². The molecule has 2 atom stereocenters. The first kappa shape index (κ1) is 40.9. The average molecular weight is 768 g/mol. The largest absolute Gasteiger partial charge is 0.496 e. The Labute approximate surface area is 328 Å². The lowest BCUT2D eigenvalue weighted by Gasteiger charge is -2.31. The zero-order chi connectivity index (χ0) is 39.7. The number of alkyl carbamates (subject to hydrolysis) is 1. The molecule has 1 saturated carbocycles. The molecule has 0 spiro atoms. The molecule has 4 aromatic rings. The Balaban J connectivity index is 1.29. The van der Waals surface area contributed by atoms with Crippen molar-refractivity contribution in [1.82, 2.24) is 21.3 Å². The van der Waals surface area contributed by atoms with Crippen LogP contribution in [0.2, 0.25) is 5.02 Å². The molecule has 1 aliphatic rings. The molecule has 0 bridgehead atoms. The van der Waals surface area contributed by atoms with Crippen molar-refractivity contribution in [2.45, 2.75) is 103 Å². The van der Waals surface area contributed by atoms with E-state index in [1.54, 1.807) is 36.4 Å². The summed E-state index contributed by atoms with van der Waals surface area (Å²) in [5, 5.41) is 21.9. The zero-order valence-electron chi connectivity index (χ0n) is 32.3. The Hall–Kier alpha value is -5.31. The number of ether oxygens (including phenoxy) is 2. The fraction of sp³-hybridized carbons (Fsp3) is 0.395. The summed E-state index contributed by atoms with van der Waals surface area (Å²) in [4.78, 5) is 40.1. The molecule has 11 nitrogen and oxygen atoms in total. The first-order chi connectivity index (χ1) is 26.2. The SMILES string of the molecule is COc1cc(Cl)c(C(=O)N[C@H](Cc2ccc(C#N)cc2)C(=O)NC2CCC(NC(=O)OC(C)(C)C)CC2)cc1-c1ccc(CN[C@H](C)c2ccc(C)cc2)o1. The van der Waals surface area contributed by atoms with Crippen LogP contribution in [0, 0.1) is 18.3 Å². The van der Waals surface area contributed by atoms with Crippen molar-refractivity contribution in [2.24, 2.45) is 0 Å². The van der Waals surface area contributed by atoms with Crippen molar-refractivity contribution in [3.63, 3.8) is 0 Å². The van der Waals surface area contributed by atoms with Crippen LogP contribution in [0.5, 0.6) is 5.75 Å². The predicted molar refractivity (Wildman–Crippen MR) is 212 cm³/mol. The molecular weight excluding hydrogens is 718 g/mol. The summed E-state index contributed by atoms with van der Waals surface area (Å²) in [5.41, 5.74) is 3.70. The van der Waals surface area contributed by atoms with Crippen LogP contribution >= 0.6 is 11.6 Å². The number of carbonyl (C=O) groups is 3. The number of benzene rings is 3. The summed E-state index contributed by atoms with van der Waals surface area (Å²) in [5.74, 6) is 0.714. The molecule has 1 heterocycles. The fourth-order valence-electron chi connectivity index (χ4n) is 6.49. The maximum atomic E-state index is 14.0. The highest BCUT2D eigenvalue weighted by Gasteiger charge is 2.30. The number of nitrogens with zero attached hydrogens (tertiary/aromatic N) is 1. The monoisotopic (exact) mass is 767 g/mol. The van der Waals surface area contributed by atoms with Crippen LogP contribution in [0.15, 0.2) is 77.2 Å². The summed E-state index contributed by atoms with van der Waals surface area (Å²) >= 11 is 6.67. The Morgan fingerprint density at radius 3 is 2.22 bits per heavy atom. The number of furan rings is 1. The molecule has 55 heavy (non-hydrogen) atoms. The first-order valence-electron chi connectivity index (χ1n) is 18.6. The second-order valence-corrected chi connectivity index (χ2v) is 15.5. The Morgan fingerprint density at radius 2 is 1.60 bits per heavy atom. The minimum atomic E-state index is -0.962. The smallest absolute Gasteiger partial charge is 0.407 e. The van der Waals surface area contributed by atoms with E-state index in [-0.39, 0.29) is 41.0 Å². The van der Waals surface area contributed by atoms with Gasteiger partial charge >= 0.3 is 6.09 Å². The van der Waals surface area contributed by atoms with Crippen LogP contribution in [0.4, 0.5) is 4.79 Å². The lowest BCUT2D eigenvalue weighted by Crippen LogP contribution is -2.52. The molecule has 1 aromatic heterocycles. The number of hydrogen-bond acceptors (Lipinski definition) is 8. The first-order valence-corrected chi connectivity index (χ1v) is 19.0. The summed E-state index contributed by atoms with van der Waals surface area (Å²) in [6.07, 6.45) is 2.33. The number of aryl methyl sites for hydroxylation is 1. The Bertz CT molecular complexity index is 1990. The summed E-state index contributed by atoms with van der Waals surface area (Å²) in [7, 11) is 1.52. The van der Waals surface area contributed by atoms with Crippen LogP contribution in [-0.4, -0.2) is 48.7 Å². The van der Waals surface area contributed by atoms with Crippen LogP contribution < -0.4 is 26.0 Å². The molecule has 0 unspecified atom stereocenters. The third-order valence-corrected chi connectivity index (χ3v) is 9.87. The van der Waals surface area contributed by atoms with Gasteiger partial charge in [0.1, 0.15) is 28.9 Å². The van der Waals surface area contributed by atoms with E-state index in [2.05, 4.69) is 65.4 Å². The summed E-state index contributed by atoms with van der Waals surface area (Å²) < 4.78 is 17.2. The summed E-state index contributed by atoms with van der Waals surface area (Å²) in [6, 6.07) is 23.1. The topological polar surface area (TPSA) is 155 Å². The van der Waals surface area contributed by atoms with Gasteiger partial charge in [-0.15, -0.1) is 0 Å². The Kier molecular flexibility index (Phi) is 13.6. The quantitative estimate of drug-likeness (QED) is 0.107. The third kappa shape index (κ3) is 11.6. The van der Waals surface area contributed by atoms with Crippen molar-refractivity contribution in [3.8, 4) is 23.1 Å². The van der Waals surface area contributed by atoms with Gasteiger partial charge in [-0.05, 0) is 102 Å². The fourth-order valence-corrected chi connectivity index (χ4v) is 6.73. The van der Waals surface area contributed by atoms with Gasteiger partial charge in [0.15, 0.2) is 0 Å². The molecular formula is C43H50ClN5O6. The molecule has 1 fully saturated rings. The molecule has 0 saturated heterocycles. The molecule has 4 N–H and O–H groups in total. The number of hydrogen-bond donors (Lipinski definition) is 4. The lowest BCUT2D eigenvalue weighted by atomic mass is 9.91. The highest BCUT2D eigenvalue weighted by Crippen LogP contribution is 2.36. The number of halogens is 1. The van der Waals surface area contributed by atoms with E-state index in [1.165, 1.54) is 18.2 Å². The van der Waals surface area contributed by atoms with Gasteiger partial charge in [0.2, 0.25) is 5.91 Å². The third-order valence-electron chi connectivity index (χ3n) is 9.56. The van der Waals surface area contributed by atoms with Gasteiger partial charge in [-0.3, -0.25) is 9.59 Å². The van der Waals surface area contributed by atoms with Crippen molar-refractivity contribution in [2.75, 3.05) is 7.11 Å². The standard InChI is InChI=1S/C43H50ClN5O6/c1-26-7-13-30(14-8-26)27(2)46-25-33-19-20-38(54-33)35-22-34(36(44)23-39(35)53-6)40(50)49-37(21-28-9-11-29(24-45)12-10-28)41(51)47-31-15-17-32(18-16-31)48-42(52)55-43(3,4)5/h7-14,19-20,22-23,27,31-32,37,46H,15-18,21,25H2,1-6H3,(H,47,51)(H,48,52)(H,49,50)/t27-,31?,32?,37-/m1/s1. The van der Waals surface area contributed by atoms with Crippen LogP contribution in [0.25, 0.3) is 11.3 Å². The van der Waals surface area contributed by atoms with E-state index in [1.807, 2.05) is 32.9 Å². The minimum Gasteiger partial charge on any atom is -0.496 e. The maximum Gasteiger partial charge on any atom is 0.407 e. The van der Waals surface area contributed by atoms with Crippen molar-refractivity contribution in [1.29, 1.82) is 5.26 Å². The molecule has 12 heteroatoms. The lowest BCUT2D eigenvalue weighted by molar-refractivity contribution is -0.123. The normalized spacial score (nSPS) is 16.6. The number of methoxy groups -OCH3 is 1. The second-order valence-electron chi connectivity index (χ2n) is 15.1. The number of nitrogens with one attached hydrogen (secondary N) is 4.